The summed E-state index contributed by atoms with van der Waals surface area (Å²) in [6.45, 7) is 0. The molecule has 3 heteroatoms. The van der Waals surface area contributed by atoms with Crippen molar-refractivity contribution >= 4 is 33.3 Å². The third kappa shape index (κ3) is 2.39. The monoisotopic (exact) mass is 411 g/mol. The fourth-order valence-corrected chi connectivity index (χ4v) is 5.40. The van der Waals surface area contributed by atoms with Gasteiger partial charge in [0.05, 0.1) is 17.1 Å². The lowest BCUT2D eigenvalue weighted by atomic mass is 9.91. The van der Waals surface area contributed by atoms with Crippen molar-refractivity contribution in [2.75, 3.05) is 4.90 Å². The first-order valence-electron chi connectivity index (χ1n) is 11.1. The molecule has 3 nitrogen and oxygen atoms in total. The van der Waals surface area contributed by atoms with Gasteiger partial charge in [-0.3, -0.25) is 4.57 Å². The van der Waals surface area contributed by atoms with Gasteiger partial charge in [-0.25, -0.2) is 4.98 Å². The molecule has 2 aromatic heterocycles. The Morgan fingerprint density at radius 1 is 0.594 bits per heavy atom. The molecule has 0 bridgehead atoms. The quantitative estimate of drug-likeness (QED) is 0.315. The van der Waals surface area contributed by atoms with Crippen LogP contribution in [0.1, 0.15) is 11.5 Å². The molecule has 152 valence electrons. The first-order chi connectivity index (χ1) is 15.9. The lowest BCUT2D eigenvalue weighted by molar-refractivity contribution is 0.737. The van der Waals surface area contributed by atoms with Crippen molar-refractivity contribution in [2.24, 2.45) is 0 Å². The van der Waals surface area contributed by atoms with Crippen LogP contribution in [0.4, 0.5) is 11.5 Å². The summed E-state index contributed by atoms with van der Waals surface area (Å²) in [4.78, 5) is 7.60. The number of fused-ring (bicyclic) bond motifs is 6. The molecule has 32 heavy (non-hydrogen) atoms. The van der Waals surface area contributed by atoms with Crippen molar-refractivity contribution in [3.8, 4) is 5.82 Å². The number of benzene rings is 3. The van der Waals surface area contributed by atoms with Crippen molar-refractivity contribution < 1.29 is 0 Å². The van der Waals surface area contributed by atoms with E-state index >= 15 is 0 Å². The summed E-state index contributed by atoms with van der Waals surface area (Å²) in [5, 5.41) is 2.50. The molecule has 0 fully saturated rings. The van der Waals surface area contributed by atoms with Crippen LogP contribution in [0.25, 0.3) is 27.6 Å². The maximum atomic E-state index is 5.22. The zero-order valence-corrected chi connectivity index (χ0v) is 17.5. The summed E-state index contributed by atoms with van der Waals surface area (Å²) in [6, 6.07) is 32.5. The minimum absolute atomic E-state index is 0.248. The normalized spacial score (nSPS) is 18.9. The summed E-state index contributed by atoms with van der Waals surface area (Å²) < 4.78 is 2.28. The largest absolute Gasteiger partial charge is 0.318 e. The molecule has 1 unspecified atom stereocenters. The smallest absolute Gasteiger partial charge is 0.140 e. The van der Waals surface area contributed by atoms with Gasteiger partial charge in [-0.1, -0.05) is 85.0 Å². The summed E-state index contributed by atoms with van der Waals surface area (Å²) >= 11 is 0. The average molecular weight is 412 g/mol. The van der Waals surface area contributed by atoms with Gasteiger partial charge >= 0.3 is 0 Å². The second-order valence-corrected chi connectivity index (χ2v) is 8.44. The van der Waals surface area contributed by atoms with E-state index in [1.54, 1.807) is 0 Å². The number of allylic oxidation sites excluding steroid dienone is 2. The third-order valence-electron chi connectivity index (χ3n) is 6.74. The van der Waals surface area contributed by atoms with Crippen molar-refractivity contribution in [1.29, 1.82) is 0 Å². The molecule has 0 amide bonds. The van der Waals surface area contributed by atoms with Gasteiger partial charge in [0.15, 0.2) is 0 Å². The first kappa shape index (κ1) is 17.6. The van der Waals surface area contributed by atoms with Crippen molar-refractivity contribution in [3.05, 3.63) is 121 Å². The Balaban J connectivity index is 1.45. The topological polar surface area (TPSA) is 21.1 Å². The van der Waals surface area contributed by atoms with Crippen LogP contribution < -0.4 is 4.90 Å². The molecule has 7 rings (SSSR count). The van der Waals surface area contributed by atoms with Gasteiger partial charge in [0.25, 0.3) is 0 Å². The van der Waals surface area contributed by atoms with E-state index in [9.17, 15) is 0 Å². The number of hydrogen-bond donors (Lipinski definition) is 0. The molecule has 0 N–H and O–H groups in total. The van der Waals surface area contributed by atoms with E-state index in [0.717, 1.165) is 11.6 Å². The van der Waals surface area contributed by atoms with E-state index < -0.39 is 0 Å². The number of pyridine rings is 1. The molecule has 0 spiro atoms. The van der Waals surface area contributed by atoms with Crippen LogP contribution in [-0.2, 0) is 0 Å². The van der Waals surface area contributed by atoms with Crippen LogP contribution in [0, 0.1) is 0 Å². The van der Waals surface area contributed by atoms with Crippen molar-refractivity contribution in [3.63, 3.8) is 0 Å². The number of aromatic nitrogens is 2. The predicted molar refractivity (Wildman–Crippen MR) is 132 cm³/mol. The molecule has 0 radical (unpaired) electrons. The van der Waals surface area contributed by atoms with Crippen LogP contribution in [0.15, 0.2) is 115 Å². The predicted octanol–water partition coefficient (Wildman–Crippen LogP) is 6.91. The van der Waals surface area contributed by atoms with Crippen LogP contribution in [0.3, 0.4) is 0 Å². The van der Waals surface area contributed by atoms with Gasteiger partial charge in [-0.05, 0) is 35.9 Å². The van der Waals surface area contributed by atoms with Crippen LogP contribution in [0.5, 0.6) is 0 Å². The van der Waals surface area contributed by atoms with Gasteiger partial charge in [0.2, 0.25) is 0 Å². The Labute approximate surface area is 186 Å². The molecule has 3 aromatic carbocycles. The number of nitrogens with zero attached hydrogens (tertiary/aromatic N) is 3. The Morgan fingerprint density at radius 3 is 2.06 bits per heavy atom. The first-order valence-corrected chi connectivity index (χ1v) is 11.1. The minimum atomic E-state index is 0.248. The average Bonchev–Trinajstić information content (AvgIpc) is 3.37. The number of rotatable bonds is 2. The molecule has 1 aliphatic carbocycles. The Morgan fingerprint density at radius 2 is 1.25 bits per heavy atom. The van der Waals surface area contributed by atoms with Gasteiger partial charge in [0.1, 0.15) is 11.6 Å². The van der Waals surface area contributed by atoms with E-state index in [1.807, 2.05) is 0 Å². The SMILES string of the molecule is C1=CC2[C@@H](C=C1)c1ccccc1N2c1cccc(-n2c3ccccc3c3ccccc32)n1. The van der Waals surface area contributed by atoms with Crippen LogP contribution in [0.2, 0.25) is 0 Å². The minimum Gasteiger partial charge on any atom is -0.318 e. The second kappa shape index (κ2) is 6.69. The highest BCUT2D eigenvalue weighted by Crippen LogP contribution is 2.47. The maximum absolute atomic E-state index is 5.22. The summed E-state index contributed by atoms with van der Waals surface area (Å²) in [6.07, 6.45) is 8.90. The molecule has 2 aliphatic rings. The zero-order valence-electron chi connectivity index (χ0n) is 17.5. The number of hydrogen-bond acceptors (Lipinski definition) is 2. The highest BCUT2D eigenvalue weighted by molar-refractivity contribution is 6.09. The van der Waals surface area contributed by atoms with Gasteiger partial charge in [0, 0.05) is 22.4 Å². The van der Waals surface area contributed by atoms with Crippen LogP contribution >= 0.6 is 0 Å². The van der Waals surface area contributed by atoms with Gasteiger partial charge in [-0.2, -0.15) is 0 Å². The Bertz CT molecular complexity index is 1500. The third-order valence-corrected chi connectivity index (χ3v) is 6.74. The molecule has 2 atom stereocenters. The highest BCUT2D eigenvalue weighted by Gasteiger charge is 2.37. The Hall–Kier alpha value is -4.11. The number of anilines is 2. The molecule has 1 aliphatic heterocycles. The van der Waals surface area contributed by atoms with E-state index in [-0.39, 0.29) is 6.04 Å². The standard InChI is InChI=1S/C29H21N3/c1-5-14-24-20(10-1)21-11-2-6-15-25(21)31(24)28-18-9-19-29(30-28)32-26-16-7-3-12-22(26)23-13-4-8-17-27(23)32/h1-20,24H/t20-,24?/m0/s1. The molecule has 0 saturated carbocycles. The zero-order chi connectivity index (χ0) is 21.1. The molecule has 5 aromatic rings. The molecular formula is C29H21N3. The lowest BCUT2D eigenvalue weighted by Crippen LogP contribution is -2.29. The molecule has 0 saturated heterocycles. The van der Waals surface area contributed by atoms with E-state index in [2.05, 4.69) is 125 Å². The van der Waals surface area contributed by atoms with Crippen LogP contribution in [-0.4, -0.2) is 15.6 Å². The second-order valence-electron chi connectivity index (χ2n) is 8.44. The summed E-state index contributed by atoms with van der Waals surface area (Å²) in [5.41, 5.74) is 4.96. The van der Waals surface area contributed by atoms with E-state index in [1.165, 1.54) is 33.1 Å². The molecule has 3 heterocycles. The summed E-state index contributed by atoms with van der Waals surface area (Å²) in [7, 11) is 0. The maximum Gasteiger partial charge on any atom is 0.140 e. The highest BCUT2D eigenvalue weighted by atomic mass is 15.3. The fraction of sp³-hybridized carbons (Fsp3) is 0.0690. The number of para-hydroxylation sites is 3. The molecular weight excluding hydrogens is 390 g/mol. The lowest BCUT2D eigenvalue weighted by Gasteiger charge is -2.28. The fourth-order valence-electron chi connectivity index (χ4n) is 5.40. The van der Waals surface area contributed by atoms with E-state index in [0.29, 0.717) is 5.92 Å². The van der Waals surface area contributed by atoms with Crippen molar-refractivity contribution in [1.82, 2.24) is 9.55 Å². The van der Waals surface area contributed by atoms with Gasteiger partial charge < -0.3 is 4.90 Å². The van der Waals surface area contributed by atoms with Crippen molar-refractivity contribution in [2.45, 2.75) is 12.0 Å². The summed E-state index contributed by atoms with van der Waals surface area (Å²) in [5.74, 6) is 2.27. The Kier molecular flexibility index (Phi) is 3.67. The van der Waals surface area contributed by atoms with Gasteiger partial charge in [-0.15, -0.1) is 0 Å². The van der Waals surface area contributed by atoms with E-state index in [4.69, 9.17) is 4.98 Å².